The zero-order valence-corrected chi connectivity index (χ0v) is 7.87. The number of rotatable bonds is 2. The molecule has 11 heavy (non-hydrogen) atoms. The van der Waals surface area contributed by atoms with E-state index in [0.717, 1.165) is 12.8 Å². The SMILES string of the molecule is CC#CC(O)C1(SC)CCC1. The molecule has 0 radical (unpaired) electrons. The minimum atomic E-state index is -0.420. The van der Waals surface area contributed by atoms with Crippen LogP contribution in [0.25, 0.3) is 0 Å². The second kappa shape index (κ2) is 3.51. The van der Waals surface area contributed by atoms with Gasteiger partial charge in [-0.3, -0.25) is 0 Å². The van der Waals surface area contributed by atoms with Crippen LogP contribution in [0.5, 0.6) is 0 Å². The van der Waals surface area contributed by atoms with Gasteiger partial charge in [0, 0.05) is 0 Å². The minimum Gasteiger partial charge on any atom is -0.379 e. The molecule has 0 aliphatic heterocycles. The monoisotopic (exact) mass is 170 g/mol. The lowest BCUT2D eigenvalue weighted by atomic mass is 9.80. The van der Waals surface area contributed by atoms with Gasteiger partial charge in [-0.25, -0.2) is 0 Å². The summed E-state index contributed by atoms with van der Waals surface area (Å²) in [4.78, 5) is 0. The van der Waals surface area contributed by atoms with Gasteiger partial charge in [-0.2, -0.15) is 11.8 Å². The summed E-state index contributed by atoms with van der Waals surface area (Å²) in [6.45, 7) is 1.77. The molecule has 1 aliphatic rings. The van der Waals surface area contributed by atoms with Crippen LogP contribution in [0.2, 0.25) is 0 Å². The van der Waals surface area contributed by atoms with Crippen molar-refractivity contribution in [2.24, 2.45) is 0 Å². The third kappa shape index (κ3) is 1.55. The molecule has 0 aromatic rings. The van der Waals surface area contributed by atoms with Gasteiger partial charge in [0.25, 0.3) is 0 Å². The Morgan fingerprint density at radius 1 is 1.55 bits per heavy atom. The fourth-order valence-corrected chi connectivity index (χ4v) is 2.36. The summed E-state index contributed by atoms with van der Waals surface area (Å²) < 4.78 is 0.0724. The van der Waals surface area contributed by atoms with E-state index in [1.807, 2.05) is 0 Å². The lowest BCUT2D eigenvalue weighted by Crippen LogP contribution is -2.44. The molecule has 1 atom stereocenters. The van der Waals surface area contributed by atoms with Crippen LogP contribution in [0.3, 0.4) is 0 Å². The number of hydrogen-bond donors (Lipinski definition) is 1. The highest BCUT2D eigenvalue weighted by atomic mass is 32.2. The van der Waals surface area contributed by atoms with Crippen molar-refractivity contribution in [1.29, 1.82) is 0 Å². The topological polar surface area (TPSA) is 20.2 Å². The van der Waals surface area contributed by atoms with E-state index >= 15 is 0 Å². The molecule has 2 heteroatoms. The van der Waals surface area contributed by atoms with E-state index in [2.05, 4.69) is 18.1 Å². The minimum absolute atomic E-state index is 0.0724. The molecule has 62 valence electrons. The molecule has 1 nitrogen and oxygen atoms in total. The second-order valence-electron chi connectivity index (χ2n) is 2.92. The highest BCUT2D eigenvalue weighted by molar-refractivity contribution is 8.00. The summed E-state index contributed by atoms with van der Waals surface area (Å²) in [7, 11) is 0. The van der Waals surface area contributed by atoms with Crippen molar-refractivity contribution in [3.63, 3.8) is 0 Å². The van der Waals surface area contributed by atoms with Gasteiger partial charge < -0.3 is 5.11 Å². The van der Waals surface area contributed by atoms with Gasteiger partial charge in [0.15, 0.2) is 0 Å². The van der Waals surface area contributed by atoms with Gasteiger partial charge in [0.05, 0.1) is 4.75 Å². The van der Waals surface area contributed by atoms with Crippen molar-refractivity contribution in [3.8, 4) is 11.8 Å². The Hall–Kier alpha value is -0.130. The molecule has 1 rings (SSSR count). The number of aliphatic hydroxyl groups excluding tert-OH is 1. The Kier molecular flexibility index (Phi) is 2.86. The fraction of sp³-hybridized carbons (Fsp3) is 0.778. The Bertz CT molecular complexity index is 180. The maximum atomic E-state index is 9.62. The van der Waals surface area contributed by atoms with Crippen LogP contribution in [-0.4, -0.2) is 22.2 Å². The van der Waals surface area contributed by atoms with Crippen LogP contribution in [0.4, 0.5) is 0 Å². The predicted octanol–water partition coefficient (Wildman–Crippen LogP) is 1.66. The van der Waals surface area contributed by atoms with E-state index in [4.69, 9.17) is 0 Å². The van der Waals surface area contributed by atoms with Crippen molar-refractivity contribution in [2.45, 2.75) is 37.0 Å². The van der Waals surface area contributed by atoms with Gasteiger partial charge in [-0.15, -0.1) is 5.92 Å². The third-order valence-electron chi connectivity index (χ3n) is 2.39. The normalized spacial score (nSPS) is 22.8. The molecular formula is C9H14OS. The zero-order valence-electron chi connectivity index (χ0n) is 7.05. The van der Waals surface area contributed by atoms with E-state index in [0.29, 0.717) is 0 Å². The Morgan fingerprint density at radius 3 is 2.45 bits per heavy atom. The van der Waals surface area contributed by atoms with E-state index < -0.39 is 6.10 Å². The number of aliphatic hydroxyl groups is 1. The molecule has 0 spiro atoms. The van der Waals surface area contributed by atoms with E-state index in [9.17, 15) is 5.11 Å². The first-order valence-corrected chi connectivity index (χ1v) is 5.13. The predicted molar refractivity (Wildman–Crippen MR) is 49.6 cm³/mol. The standard InChI is InChI=1S/C9H14OS/c1-3-5-8(10)9(11-2)6-4-7-9/h8,10H,4,6-7H2,1-2H3. The molecular weight excluding hydrogens is 156 g/mol. The van der Waals surface area contributed by atoms with Crippen LogP contribution < -0.4 is 0 Å². The molecule has 0 aromatic carbocycles. The molecule has 0 bridgehead atoms. The zero-order chi connectivity index (χ0) is 8.32. The second-order valence-corrected chi connectivity index (χ2v) is 4.14. The molecule has 1 aliphatic carbocycles. The summed E-state index contributed by atoms with van der Waals surface area (Å²) >= 11 is 1.75. The molecule has 1 N–H and O–H groups in total. The molecule has 1 fully saturated rings. The maximum absolute atomic E-state index is 9.62. The van der Waals surface area contributed by atoms with Gasteiger partial charge >= 0.3 is 0 Å². The quantitative estimate of drug-likeness (QED) is 0.636. The summed E-state index contributed by atoms with van der Waals surface area (Å²) in [5, 5.41) is 9.62. The van der Waals surface area contributed by atoms with E-state index in [1.54, 1.807) is 18.7 Å². The van der Waals surface area contributed by atoms with Crippen LogP contribution >= 0.6 is 11.8 Å². The van der Waals surface area contributed by atoms with Crippen molar-refractivity contribution < 1.29 is 5.11 Å². The lowest BCUT2D eigenvalue weighted by molar-refractivity contribution is 0.135. The largest absolute Gasteiger partial charge is 0.379 e. The van der Waals surface area contributed by atoms with E-state index in [1.165, 1.54) is 6.42 Å². The van der Waals surface area contributed by atoms with Crippen LogP contribution in [0.15, 0.2) is 0 Å². The van der Waals surface area contributed by atoms with Crippen LogP contribution in [0.1, 0.15) is 26.2 Å². The number of thioether (sulfide) groups is 1. The Labute approximate surface area is 72.6 Å². The van der Waals surface area contributed by atoms with E-state index in [-0.39, 0.29) is 4.75 Å². The molecule has 0 amide bonds. The van der Waals surface area contributed by atoms with Gasteiger partial charge in [0.1, 0.15) is 6.10 Å². The van der Waals surface area contributed by atoms with Gasteiger partial charge in [0.2, 0.25) is 0 Å². The summed E-state index contributed by atoms with van der Waals surface area (Å²) in [5.41, 5.74) is 0. The highest BCUT2D eigenvalue weighted by Crippen LogP contribution is 2.45. The van der Waals surface area contributed by atoms with Crippen molar-refractivity contribution >= 4 is 11.8 Å². The summed E-state index contributed by atoms with van der Waals surface area (Å²) in [5.74, 6) is 5.59. The highest BCUT2D eigenvalue weighted by Gasteiger charge is 2.42. The summed E-state index contributed by atoms with van der Waals surface area (Å²) in [6, 6.07) is 0. The molecule has 0 heterocycles. The van der Waals surface area contributed by atoms with Gasteiger partial charge in [-0.05, 0) is 26.0 Å². The van der Waals surface area contributed by atoms with Crippen LogP contribution in [-0.2, 0) is 0 Å². The molecule has 1 unspecified atom stereocenters. The first-order chi connectivity index (χ1) is 5.25. The Morgan fingerprint density at radius 2 is 2.18 bits per heavy atom. The number of hydrogen-bond acceptors (Lipinski definition) is 2. The lowest BCUT2D eigenvalue weighted by Gasteiger charge is -2.42. The van der Waals surface area contributed by atoms with Gasteiger partial charge in [-0.1, -0.05) is 12.3 Å². The maximum Gasteiger partial charge on any atom is 0.129 e. The first-order valence-electron chi connectivity index (χ1n) is 3.91. The average Bonchev–Trinajstić information content (AvgIpc) is 1.87. The molecule has 1 saturated carbocycles. The smallest absolute Gasteiger partial charge is 0.129 e. The van der Waals surface area contributed by atoms with Crippen molar-refractivity contribution in [1.82, 2.24) is 0 Å². The fourth-order valence-electron chi connectivity index (χ4n) is 1.38. The molecule has 0 aromatic heterocycles. The first kappa shape index (κ1) is 8.96. The average molecular weight is 170 g/mol. The Balaban J connectivity index is 2.59. The summed E-state index contributed by atoms with van der Waals surface area (Å²) in [6.07, 6.45) is 5.10. The van der Waals surface area contributed by atoms with Crippen molar-refractivity contribution in [2.75, 3.05) is 6.26 Å². The van der Waals surface area contributed by atoms with Crippen LogP contribution in [0, 0.1) is 11.8 Å². The third-order valence-corrected chi connectivity index (χ3v) is 3.83. The van der Waals surface area contributed by atoms with Crippen molar-refractivity contribution in [3.05, 3.63) is 0 Å². The molecule has 0 saturated heterocycles.